The number of nitrogens with zero attached hydrogens (tertiary/aromatic N) is 4. The highest BCUT2D eigenvalue weighted by Gasteiger charge is 2.29. The Hall–Kier alpha value is -1.04. The van der Waals surface area contributed by atoms with Gasteiger partial charge in [0.2, 0.25) is 5.91 Å². The molecule has 1 amide bonds. The molecule has 5 nitrogen and oxygen atoms in total. The zero-order valence-electron chi connectivity index (χ0n) is 12.2. The van der Waals surface area contributed by atoms with Crippen LogP contribution in [-0.2, 0) is 11.8 Å². The summed E-state index contributed by atoms with van der Waals surface area (Å²) in [7, 11) is 2.00. The summed E-state index contributed by atoms with van der Waals surface area (Å²) >= 11 is 1.51. The average Bonchev–Trinajstić information content (AvgIpc) is 3.21. The number of thioether (sulfide) groups is 1. The zero-order valence-corrected chi connectivity index (χ0v) is 13.0. The van der Waals surface area contributed by atoms with Crippen LogP contribution in [0.5, 0.6) is 0 Å². The van der Waals surface area contributed by atoms with Crippen molar-refractivity contribution in [2.75, 3.05) is 12.3 Å². The van der Waals surface area contributed by atoms with Crippen LogP contribution in [0.4, 0.5) is 0 Å². The van der Waals surface area contributed by atoms with Gasteiger partial charge in [0, 0.05) is 25.6 Å². The first-order valence-corrected chi connectivity index (χ1v) is 8.47. The largest absolute Gasteiger partial charge is 0.339 e. The second-order valence-electron chi connectivity index (χ2n) is 5.89. The number of rotatable bonds is 4. The normalized spacial score (nSPS) is 23.1. The molecule has 2 aliphatic rings. The Labute approximate surface area is 124 Å². The molecule has 1 aliphatic heterocycles. The van der Waals surface area contributed by atoms with E-state index in [9.17, 15) is 4.79 Å². The molecule has 0 N–H and O–H groups in total. The molecule has 0 radical (unpaired) electrons. The fourth-order valence-electron chi connectivity index (χ4n) is 2.83. The van der Waals surface area contributed by atoms with Gasteiger partial charge in [-0.15, -0.1) is 10.2 Å². The molecule has 1 aliphatic carbocycles. The number of aromatic nitrogens is 3. The maximum absolute atomic E-state index is 12.3. The van der Waals surface area contributed by atoms with Crippen molar-refractivity contribution in [3.63, 3.8) is 0 Å². The standard InChI is InChI=1S/C14H22N4OS/c1-10-5-3-4-8-18(10)12(19)9-20-14-16-15-13(17(14)2)11-6-7-11/h10-11H,3-9H2,1-2H3. The highest BCUT2D eigenvalue weighted by Crippen LogP contribution is 2.39. The molecule has 3 rings (SSSR count). The Morgan fingerprint density at radius 1 is 1.30 bits per heavy atom. The number of likely N-dealkylation sites (tertiary alicyclic amines) is 1. The van der Waals surface area contributed by atoms with E-state index in [0.29, 0.717) is 17.7 Å². The smallest absolute Gasteiger partial charge is 0.233 e. The molecule has 0 aromatic carbocycles. The second-order valence-corrected chi connectivity index (χ2v) is 6.84. The van der Waals surface area contributed by atoms with Crippen LogP contribution in [0.15, 0.2) is 5.16 Å². The van der Waals surface area contributed by atoms with Crippen molar-refractivity contribution >= 4 is 17.7 Å². The van der Waals surface area contributed by atoms with Crippen LogP contribution in [0.1, 0.15) is 50.8 Å². The van der Waals surface area contributed by atoms with Crippen LogP contribution < -0.4 is 0 Å². The van der Waals surface area contributed by atoms with E-state index >= 15 is 0 Å². The molecular weight excluding hydrogens is 272 g/mol. The summed E-state index contributed by atoms with van der Waals surface area (Å²) in [5.41, 5.74) is 0. The number of carbonyl (C=O) groups is 1. The molecule has 1 unspecified atom stereocenters. The molecule has 1 saturated carbocycles. The topological polar surface area (TPSA) is 51.0 Å². The minimum atomic E-state index is 0.234. The molecule has 2 fully saturated rings. The molecule has 1 saturated heterocycles. The monoisotopic (exact) mass is 294 g/mol. The van der Waals surface area contributed by atoms with E-state index in [4.69, 9.17) is 0 Å². The van der Waals surface area contributed by atoms with Crippen molar-refractivity contribution in [1.29, 1.82) is 0 Å². The van der Waals surface area contributed by atoms with Gasteiger partial charge >= 0.3 is 0 Å². The highest BCUT2D eigenvalue weighted by molar-refractivity contribution is 7.99. The van der Waals surface area contributed by atoms with Crippen LogP contribution in [-0.4, -0.2) is 43.9 Å². The fraction of sp³-hybridized carbons (Fsp3) is 0.786. The van der Waals surface area contributed by atoms with Gasteiger partial charge in [-0.1, -0.05) is 11.8 Å². The lowest BCUT2D eigenvalue weighted by Crippen LogP contribution is -2.42. The summed E-state index contributed by atoms with van der Waals surface area (Å²) in [6.45, 7) is 3.06. The van der Waals surface area contributed by atoms with Crippen LogP contribution in [0.3, 0.4) is 0 Å². The third-order valence-corrected chi connectivity index (χ3v) is 5.26. The van der Waals surface area contributed by atoms with E-state index in [0.717, 1.165) is 30.4 Å². The molecule has 20 heavy (non-hydrogen) atoms. The first-order valence-electron chi connectivity index (χ1n) is 7.48. The van der Waals surface area contributed by atoms with E-state index in [1.807, 2.05) is 11.9 Å². The van der Waals surface area contributed by atoms with E-state index in [1.54, 1.807) is 0 Å². The third-order valence-electron chi connectivity index (χ3n) is 4.26. The molecule has 1 atom stereocenters. The van der Waals surface area contributed by atoms with Gasteiger partial charge in [0.05, 0.1) is 5.75 Å². The Bertz CT molecular complexity index is 497. The van der Waals surface area contributed by atoms with Gasteiger partial charge in [-0.3, -0.25) is 4.79 Å². The number of amides is 1. The van der Waals surface area contributed by atoms with Gasteiger partial charge in [-0.2, -0.15) is 0 Å². The van der Waals surface area contributed by atoms with Crippen molar-refractivity contribution in [3.8, 4) is 0 Å². The quantitative estimate of drug-likeness (QED) is 0.799. The number of piperidine rings is 1. The molecule has 6 heteroatoms. The highest BCUT2D eigenvalue weighted by atomic mass is 32.2. The van der Waals surface area contributed by atoms with E-state index in [1.165, 1.54) is 31.0 Å². The molecule has 0 spiro atoms. The second kappa shape index (κ2) is 5.76. The minimum absolute atomic E-state index is 0.234. The Morgan fingerprint density at radius 3 is 2.80 bits per heavy atom. The molecule has 1 aromatic rings. The lowest BCUT2D eigenvalue weighted by atomic mass is 10.0. The van der Waals surface area contributed by atoms with Crippen LogP contribution >= 0.6 is 11.8 Å². The summed E-state index contributed by atoms with van der Waals surface area (Å²) in [6.07, 6.45) is 5.95. The number of hydrogen-bond acceptors (Lipinski definition) is 4. The molecule has 0 bridgehead atoms. The summed E-state index contributed by atoms with van der Waals surface area (Å²) in [4.78, 5) is 14.3. The summed E-state index contributed by atoms with van der Waals surface area (Å²) in [5, 5.41) is 9.33. The first-order chi connectivity index (χ1) is 9.66. The Kier molecular flexibility index (Phi) is 4.01. The predicted molar refractivity (Wildman–Crippen MR) is 78.7 cm³/mol. The van der Waals surface area contributed by atoms with Crippen LogP contribution in [0, 0.1) is 0 Å². The first kappa shape index (κ1) is 13.9. The maximum atomic E-state index is 12.3. The molecule has 1 aromatic heterocycles. The lowest BCUT2D eigenvalue weighted by Gasteiger charge is -2.33. The van der Waals surface area contributed by atoms with E-state index in [-0.39, 0.29) is 5.91 Å². The average molecular weight is 294 g/mol. The van der Waals surface area contributed by atoms with Crippen molar-refractivity contribution in [1.82, 2.24) is 19.7 Å². The van der Waals surface area contributed by atoms with Gasteiger partial charge in [-0.05, 0) is 39.0 Å². The summed E-state index contributed by atoms with van der Waals surface area (Å²) in [5.74, 6) is 2.38. The number of hydrogen-bond donors (Lipinski definition) is 0. The molecule has 2 heterocycles. The van der Waals surface area contributed by atoms with Crippen LogP contribution in [0.2, 0.25) is 0 Å². The van der Waals surface area contributed by atoms with Gasteiger partial charge in [0.15, 0.2) is 5.16 Å². The maximum Gasteiger partial charge on any atom is 0.233 e. The van der Waals surface area contributed by atoms with Gasteiger partial charge in [-0.25, -0.2) is 0 Å². The van der Waals surface area contributed by atoms with Gasteiger partial charge < -0.3 is 9.47 Å². The SMILES string of the molecule is CC1CCCCN1C(=O)CSc1nnc(C2CC2)n1C. The van der Waals surface area contributed by atoms with Crippen molar-refractivity contribution in [2.24, 2.45) is 7.05 Å². The van der Waals surface area contributed by atoms with Crippen LogP contribution in [0.25, 0.3) is 0 Å². The fourth-order valence-corrected chi connectivity index (χ4v) is 3.63. The van der Waals surface area contributed by atoms with Crippen molar-refractivity contribution in [3.05, 3.63) is 5.82 Å². The molecule has 110 valence electrons. The lowest BCUT2D eigenvalue weighted by molar-refractivity contribution is -0.131. The Balaban J connectivity index is 1.57. The molecular formula is C14H22N4OS. The predicted octanol–water partition coefficient (Wildman–Crippen LogP) is 2.19. The van der Waals surface area contributed by atoms with Crippen molar-refractivity contribution < 1.29 is 4.79 Å². The van der Waals surface area contributed by atoms with Gasteiger partial charge in [0.25, 0.3) is 0 Å². The third kappa shape index (κ3) is 2.85. The van der Waals surface area contributed by atoms with E-state index in [2.05, 4.69) is 21.7 Å². The number of carbonyl (C=O) groups excluding carboxylic acids is 1. The summed E-state index contributed by atoms with van der Waals surface area (Å²) in [6, 6.07) is 0.387. The summed E-state index contributed by atoms with van der Waals surface area (Å²) < 4.78 is 2.05. The van der Waals surface area contributed by atoms with E-state index < -0.39 is 0 Å². The van der Waals surface area contributed by atoms with Gasteiger partial charge in [0.1, 0.15) is 5.82 Å². The Morgan fingerprint density at radius 2 is 2.10 bits per heavy atom. The zero-order chi connectivity index (χ0) is 14.1. The van der Waals surface area contributed by atoms with Crippen molar-refractivity contribution in [2.45, 2.75) is 56.1 Å². The minimum Gasteiger partial charge on any atom is -0.339 e.